The minimum absolute atomic E-state index is 0.132. The number of nitrogens with zero attached hydrogens (tertiary/aromatic N) is 5. The van der Waals surface area contributed by atoms with Crippen molar-refractivity contribution in [3.63, 3.8) is 0 Å². The Balaban J connectivity index is 2.18. The Morgan fingerprint density at radius 2 is 2.19 bits per heavy atom. The predicted octanol–water partition coefficient (Wildman–Crippen LogP) is 2.28. The average Bonchev–Trinajstić information content (AvgIpc) is 2.89. The van der Waals surface area contributed by atoms with Gasteiger partial charge in [0.05, 0.1) is 5.54 Å². The molecule has 2 aromatic rings. The first kappa shape index (κ1) is 13.9. The van der Waals surface area contributed by atoms with Gasteiger partial charge in [0.1, 0.15) is 0 Å². The molecule has 1 fully saturated rings. The molecule has 3 rings (SSSR count). The smallest absolute Gasteiger partial charge is 0.232 e. The molecule has 3 heterocycles. The summed E-state index contributed by atoms with van der Waals surface area (Å²) in [7, 11) is 0. The van der Waals surface area contributed by atoms with Gasteiger partial charge < -0.3 is 10.6 Å². The van der Waals surface area contributed by atoms with Gasteiger partial charge in [0, 0.05) is 18.4 Å². The first-order chi connectivity index (χ1) is 9.98. The van der Waals surface area contributed by atoms with E-state index in [0.29, 0.717) is 23.4 Å². The van der Waals surface area contributed by atoms with Gasteiger partial charge in [0.15, 0.2) is 5.82 Å². The van der Waals surface area contributed by atoms with Crippen molar-refractivity contribution in [3.8, 4) is 0 Å². The topological polar surface area (TPSA) is 72.3 Å². The first-order valence-corrected chi connectivity index (χ1v) is 7.36. The third-order valence-electron chi connectivity index (χ3n) is 4.88. The quantitative estimate of drug-likeness (QED) is 0.857. The maximum Gasteiger partial charge on any atom is 0.232 e. The van der Waals surface area contributed by atoms with E-state index in [1.165, 1.54) is 6.42 Å². The minimum atomic E-state index is -0.132. The van der Waals surface area contributed by atoms with E-state index in [-0.39, 0.29) is 5.54 Å². The number of anilines is 2. The Bertz CT molecular complexity index is 678. The Labute approximate surface area is 124 Å². The average molecular weight is 286 g/mol. The molecule has 0 bridgehead atoms. The van der Waals surface area contributed by atoms with E-state index >= 15 is 0 Å². The summed E-state index contributed by atoms with van der Waals surface area (Å²) in [5, 5.41) is 8.58. The summed E-state index contributed by atoms with van der Waals surface area (Å²) in [4.78, 5) is 6.39. The van der Waals surface area contributed by atoms with Gasteiger partial charge >= 0.3 is 0 Å². The predicted molar refractivity (Wildman–Crippen MR) is 84.1 cm³/mol. The molecule has 0 amide bonds. The van der Waals surface area contributed by atoms with Gasteiger partial charge in [0.2, 0.25) is 11.6 Å². The number of nitrogen functional groups attached to an aromatic ring is 1. The Kier molecular flexibility index (Phi) is 3.11. The summed E-state index contributed by atoms with van der Waals surface area (Å²) in [5.74, 6) is 1.79. The van der Waals surface area contributed by atoms with Gasteiger partial charge in [-0.3, -0.25) is 4.40 Å². The molecule has 0 spiro atoms. The molecule has 6 heteroatoms. The monoisotopic (exact) mass is 286 g/mol. The van der Waals surface area contributed by atoms with Crippen LogP contribution in [0, 0.1) is 5.92 Å². The number of fused-ring (bicyclic) bond motifs is 1. The zero-order chi connectivity index (χ0) is 15.2. The minimum Gasteiger partial charge on any atom is -0.381 e. The van der Waals surface area contributed by atoms with E-state index in [1.54, 1.807) is 6.20 Å². The summed E-state index contributed by atoms with van der Waals surface area (Å²) >= 11 is 0. The van der Waals surface area contributed by atoms with Crippen LogP contribution in [0.25, 0.3) is 5.65 Å². The summed E-state index contributed by atoms with van der Waals surface area (Å²) in [5.41, 5.74) is 6.36. The van der Waals surface area contributed by atoms with Gasteiger partial charge in [-0.05, 0) is 32.6 Å². The van der Waals surface area contributed by atoms with Crippen molar-refractivity contribution >= 4 is 17.4 Å². The van der Waals surface area contributed by atoms with Crippen LogP contribution in [0.3, 0.4) is 0 Å². The third-order valence-corrected chi connectivity index (χ3v) is 4.88. The number of piperidine rings is 1. The highest BCUT2D eigenvalue weighted by molar-refractivity contribution is 5.62. The molecule has 2 N–H and O–H groups in total. The van der Waals surface area contributed by atoms with Crippen LogP contribution in [-0.4, -0.2) is 31.2 Å². The molecule has 1 aliphatic heterocycles. The van der Waals surface area contributed by atoms with Gasteiger partial charge in [0.25, 0.3) is 0 Å². The molecule has 2 unspecified atom stereocenters. The molecular formula is C15H22N6. The second-order valence-corrected chi connectivity index (χ2v) is 6.19. The number of hydrogen-bond acceptors (Lipinski definition) is 5. The van der Waals surface area contributed by atoms with E-state index in [0.717, 1.165) is 12.4 Å². The first-order valence-electron chi connectivity index (χ1n) is 7.36. The second kappa shape index (κ2) is 4.72. The molecule has 112 valence electrons. The number of nitrogens with two attached hydrogens (primary N) is 1. The molecule has 1 saturated heterocycles. The van der Waals surface area contributed by atoms with Crippen molar-refractivity contribution in [3.05, 3.63) is 25.0 Å². The lowest BCUT2D eigenvalue weighted by Crippen LogP contribution is -2.56. The summed E-state index contributed by atoms with van der Waals surface area (Å²) in [6, 6.07) is 0.350. The molecule has 1 aliphatic rings. The molecule has 0 aliphatic carbocycles. The lowest BCUT2D eigenvalue weighted by Gasteiger charge is -2.49. The molecule has 0 saturated carbocycles. The van der Waals surface area contributed by atoms with Gasteiger partial charge in [-0.15, -0.1) is 16.8 Å². The fourth-order valence-electron chi connectivity index (χ4n) is 3.21. The van der Waals surface area contributed by atoms with Crippen molar-refractivity contribution < 1.29 is 0 Å². The van der Waals surface area contributed by atoms with E-state index in [2.05, 4.69) is 47.4 Å². The standard InChI is InChI=1S/C15H22N6/c1-5-15(4)7-6-10(2)11(3)21(15)14-19-18-13-12(16)17-8-9-20(13)14/h5,8-11H,1,6-7H2,2-4H3,(H2,16,17)/t10?,11-,15?/m1/s1. The van der Waals surface area contributed by atoms with Gasteiger partial charge in [-0.2, -0.15) is 0 Å². The zero-order valence-electron chi connectivity index (χ0n) is 12.8. The molecular weight excluding hydrogens is 264 g/mol. The van der Waals surface area contributed by atoms with E-state index < -0.39 is 0 Å². The van der Waals surface area contributed by atoms with Crippen molar-refractivity contribution in [2.24, 2.45) is 5.92 Å². The SMILES string of the molecule is C=CC1(C)CCC(C)[C@@H](C)N1c1nnc2c(N)nccn12. The van der Waals surface area contributed by atoms with Crippen LogP contribution >= 0.6 is 0 Å². The van der Waals surface area contributed by atoms with Crippen LogP contribution in [-0.2, 0) is 0 Å². The van der Waals surface area contributed by atoms with Gasteiger partial charge in [-0.25, -0.2) is 4.98 Å². The summed E-state index contributed by atoms with van der Waals surface area (Å²) in [6.45, 7) is 10.8. The van der Waals surface area contributed by atoms with Crippen LogP contribution < -0.4 is 10.6 Å². The maximum absolute atomic E-state index is 5.89. The van der Waals surface area contributed by atoms with Crippen molar-refractivity contribution in [1.82, 2.24) is 19.6 Å². The maximum atomic E-state index is 5.89. The molecule has 6 nitrogen and oxygen atoms in total. The van der Waals surface area contributed by atoms with Crippen LogP contribution in [0.4, 0.5) is 11.8 Å². The largest absolute Gasteiger partial charge is 0.381 e. The summed E-state index contributed by atoms with van der Waals surface area (Å²) < 4.78 is 1.92. The van der Waals surface area contributed by atoms with Gasteiger partial charge in [-0.1, -0.05) is 13.0 Å². The lowest BCUT2D eigenvalue weighted by atomic mass is 9.80. The normalized spacial score (nSPS) is 29.8. The number of rotatable bonds is 2. The van der Waals surface area contributed by atoms with Crippen LogP contribution in [0.5, 0.6) is 0 Å². The highest BCUT2D eigenvalue weighted by Gasteiger charge is 2.41. The summed E-state index contributed by atoms with van der Waals surface area (Å²) in [6.07, 6.45) is 7.79. The van der Waals surface area contributed by atoms with Crippen LogP contribution in [0.1, 0.15) is 33.6 Å². The number of hydrogen-bond donors (Lipinski definition) is 1. The molecule has 2 aromatic heterocycles. The Hall–Kier alpha value is -2.11. The highest BCUT2D eigenvalue weighted by atomic mass is 15.4. The Morgan fingerprint density at radius 1 is 1.43 bits per heavy atom. The highest BCUT2D eigenvalue weighted by Crippen LogP contribution is 2.39. The van der Waals surface area contributed by atoms with Crippen LogP contribution in [0.15, 0.2) is 25.0 Å². The van der Waals surface area contributed by atoms with E-state index in [9.17, 15) is 0 Å². The fourth-order valence-corrected chi connectivity index (χ4v) is 3.21. The molecule has 21 heavy (non-hydrogen) atoms. The van der Waals surface area contributed by atoms with E-state index in [4.69, 9.17) is 5.73 Å². The lowest BCUT2D eigenvalue weighted by molar-refractivity contribution is 0.268. The van der Waals surface area contributed by atoms with Crippen molar-refractivity contribution in [1.29, 1.82) is 0 Å². The van der Waals surface area contributed by atoms with E-state index in [1.807, 2.05) is 16.7 Å². The molecule has 0 aromatic carbocycles. The Morgan fingerprint density at radius 3 is 2.90 bits per heavy atom. The fraction of sp³-hybridized carbons (Fsp3) is 0.533. The third kappa shape index (κ3) is 1.97. The van der Waals surface area contributed by atoms with Crippen LogP contribution in [0.2, 0.25) is 0 Å². The molecule has 0 radical (unpaired) electrons. The van der Waals surface area contributed by atoms with Crippen molar-refractivity contribution in [2.45, 2.75) is 45.2 Å². The zero-order valence-corrected chi connectivity index (χ0v) is 12.8. The molecule has 3 atom stereocenters. The van der Waals surface area contributed by atoms with Crippen molar-refractivity contribution in [2.75, 3.05) is 10.6 Å². The number of aromatic nitrogens is 4. The second-order valence-electron chi connectivity index (χ2n) is 6.19.